The third-order valence-electron chi connectivity index (χ3n) is 4.32. The molecule has 118 valence electrons. The van der Waals surface area contributed by atoms with Crippen LogP contribution < -0.4 is 10.1 Å². The van der Waals surface area contributed by atoms with Crippen LogP contribution >= 0.6 is 0 Å². The molecule has 1 fully saturated rings. The number of hydrogen-bond acceptors (Lipinski definition) is 2. The maximum atomic E-state index is 6.36. The Kier molecular flexibility index (Phi) is 6.10. The molecule has 0 saturated heterocycles. The molecular formula is C19H31NO. The minimum absolute atomic E-state index is 0.421. The normalized spacial score (nSPS) is 17.0. The van der Waals surface area contributed by atoms with Crippen LogP contribution in [-0.2, 0) is 6.54 Å². The molecule has 0 radical (unpaired) electrons. The zero-order chi connectivity index (χ0) is 15.2. The van der Waals surface area contributed by atoms with Gasteiger partial charge in [-0.25, -0.2) is 0 Å². The van der Waals surface area contributed by atoms with Crippen molar-refractivity contribution >= 4 is 0 Å². The maximum Gasteiger partial charge on any atom is 0.125 e. The maximum absolute atomic E-state index is 6.36. The van der Waals surface area contributed by atoms with E-state index in [2.05, 4.69) is 45.1 Å². The summed E-state index contributed by atoms with van der Waals surface area (Å²) in [6.07, 6.45) is 8.24. The van der Waals surface area contributed by atoms with E-state index in [-0.39, 0.29) is 0 Å². The van der Waals surface area contributed by atoms with Crippen LogP contribution in [0.3, 0.4) is 0 Å². The Labute approximate surface area is 130 Å². The van der Waals surface area contributed by atoms with Crippen LogP contribution in [0.5, 0.6) is 5.75 Å². The summed E-state index contributed by atoms with van der Waals surface area (Å²) in [4.78, 5) is 0. The molecule has 0 aromatic heterocycles. The van der Waals surface area contributed by atoms with Gasteiger partial charge in [-0.1, -0.05) is 38.8 Å². The van der Waals surface area contributed by atoms with E-state index in [9.17, 15) is 0 Å². The van der Waals surface area contributed by atoms with Gasteiger partial charge < -0.3 is 10.1 Å². The van der Waals surface area contributed by atoms with Crippen molar-refractivity contribution in [3.05, 3.63) is 28.8 Å². The molecule has 2 heteroatoms. The lowest BCUT2D eigenvalue weighted by molar-refractivity contribution is 0.181. The number of nitrogens with one attached hydrogen (secondary N) is 1. The number of benzene rings is 1. The van der Waals surface area contributed by atoms with E-state index in [0.29, 0.717) is 12.1 Å². The Morgan fingerprint density at radius 2 is 1.62 bits per heavy atom. The molecule has 2 nitrogen and oxygen atoms in total. The Bertz CT molecular complexity index is 422. The van der Waals surface area contributed by atoms with Crippen molar-refractivity contribution in [2.24, 2.45) is 0 Å². The zero-order valence-electron chi connectivity index (χ0n) is 14.2. The highest BCUT2D eigenvalue weighted by molar-refractivity contribution is 5.43. The topological polar surface area (TPSA) is 21.3 Å². The first-order valence-electron chi connectivity index (χ1n) is 8.56. The second-order valence-corrected chi connectivity index (χ2v) is 6.83. The zero-order valence-corrected chi connectivity index (χ0v) is 14.2. The van der Waals surface area contributed by atoms with Crippen molar-refractivity contribution in [2.45, 2.75) is 84.9 Å². The standard InChI is InChI=1S/C19H31NO/c1-14(2)20-13-17-11-15(3)19(16(4)12-17)21-18-9-7-5-6-8-10-18/h11-12,14,18,20H,5-10,13H2,1-4H3. The van der Waals surface area contributed by atoms with E-state index in [1.165, 1.54) is 55.2 Å². The van der Waals surface area contributed by atoms with Gasteiger partial charge in [-0.3, -0.25) is 0 Å². The van der Waals surface area contributed by atoms with Crippen LogP contribution in [0, 0.1) is 13.8 Å². The van der Waals surface area contributed by atoms with Gasteiger partial charge in [0, 0.05) is 12.6 Å². The lowest BCUT2D eigenvalue weighted by atomic mass is 10.0. The molecule has 1 N–H and O–H groups in total. The molecule has 0 spiro atoms. The number of rotatable bonds is 5. The minimum Gasteiger partial charge on any atom is -0.490 e. The summed E-state index contributed by atoms with van der Waals surface area (Å²) in [5.74, 6) is 1.12. The van der Waals surface area contributed by atoms with Gasteiger partial charge in [-0.2, -0.15) is 0 Å². The van der Waals surface area contributed by atoms with Crippen molar-refractivity contribution in [3.63, 3.8) is 0 Å². The number of hydrogen-bond donors (Lipinski definition) is 1. The molecule has 0 atom stereocenters. The first-order valence-corrected chi connectivity index (χ1v) is 8.56. The molecule has 0 aliphatic heterocycles. The Morgan fingerprint density at radius 3 is 2.14 bits per heavy atom. The SMILES string of the molecule is Cc1cc(CNC(C)C)cc(C)c1OC1CCCCCC1. The van der Waals surface area contributed by atoms with Crippen molar-refractivity contribution in [1.82, 2.24) is 5.32 Å². The number of aryl methyl sites for hydroxylation is 2. The van der Waals surface area contributed by atoms with E-state index >= 15 is 0 Å². The molecule has 1 aliphatic rings. The molecule has 21 heavy (non-hydrogen) atoms. The largest absolute Gasteiger partial charge is 0.490 e. The summed E-state index contributed by atoms with van der Waals surface area (Å²) in [6, 6.07) is 5.07. The second-order valence-electron chi connectivity index (χ2n) is 6.83. The van der Waals surface area contributed by atoms with E-state index in [4.69, 9.17) is 4.74 Å². The van der Waals surface area contributed by atoms with Gasteiger partial charge in [0.15, 0.2) is 0 Å². The van der Waals surface area contributed by atoms with E-state index in [1.807, 2.05) is 0 Å². The summed E-state index contributed by atoms with van der Waals surface area (Å²) in [7, 11) is 0. The fourth-order valence-electron chi connectivity index (χ4n) is 3.18. The summed E-state index contributed by atoms with van der Waals surface area (Å²) in [5, 5.41) is 3.48. The molecule has 0 amide bonds. The fraction of sp³-hybridized carbons (Fsp3) is 0.684. The third kappa shape index (κ3) is 5.03. The Morgan fingerprint density at radius 1 is 1.05 bits per heavy atom. The van der Waals surface area contributed by atoms with E-state index in [0.717, 1.165) is 12.3 Å². The van der Waals surface area contributed by atoms with Crippen LogP contribution in [0.15, 0.2) is 12.1 Å². The van der Waals surface area contributed by atoms with Gasteiger partial charge in [0.2, 0.25) is 0 Å². The third-order valence-corrected chi connectivity index (χ3v) is 4.32. The minimum atomic E-state index is 0.421. The second kappa shape index (κ2) is 7.84. The van der Waals surface area contributed by atoms with Gasteiger partial charge in [-0.05, 0) is 56.2 Å². The fourth-order valence-corrected chi connectivity index (χ4v) is 3.18. The highest BCUT2D eigenvalue weighted by Crippen LogP contribution is 2.29. The molecular weight excluding hydrogens is 258 g/mol. The molecule has 0 unspecified atom stereocenters. The molecule has 2 rings (SSSR count). The lowest BCUT2D eigenvalue weighted by Crippen LogP contribution is -2.22. The first-order chi connectivity index (χ1) is 10.1. The average Bonchev–Trinajstić information content (AvgIpc) is 2.69. The van der Waals surface area contributed by atoms with Gasteiger partial charge in [0.1, 0.15) is 5.75 Å². The molecule has 1 aromatic rings. The average molecular weight is 289 g/mol. The highest BCUT2D eigenvalue weighted by Gasteiger charge is 2.16. The Hall–Kier alpha value is -1.02. The van der Waals surface area contributed by atoms with E-state index in [1.54, 1.807) is 0 Å². The van der Waals surface area contributed by atoms with Crippen molar-refractivity contribution < 1.29 is 4.74 Å². The smallest absolute Gasteiger partial charge is 0.125 e. The van der Waals surface area contributed by atoms with Crippen LogP contribution in [0.4, 0.5) is 0 Å². The molecule has 1 aliphatic carbocycles. The predicted octanol–water partition coefficient (Wildman–Crippen LogP) is 4.90. The van der Waals surface area contributed by atoms with E-state index < -0.39 is 0 Å². The molecule has 1 saturated carbocycles. The van der Waals surface area contributed by atoms with Gasteiger partial charge in [-0.15, -0.1) is 0 Å². The Balaban J connectivity index is 2.05. The summed E-state index contributed by atoms with van der Waals surface area (Å²) < 4.78 is 6.36. The van der Waals surface area contributed by atoms with Crippen LogP contribution in [-0.4, -0.2) is 12.1 Å². The van der Waals surface area contributed by atoms with Gasteiger partial charge in [0.25, 0.3) is 0 Å². The quantitative estimate of drug-likeness (QED) is 0.778. The van der Waals surface area contributed by atoms with Crippen LogP contribution in [0.25, 0.3) is 0 Å². The lowest BCUT2D eigenvalue weighted by Gasteiger charge is -2.21. The number of ether oxygens (including phenoxy) is 1. The molecule has 0 bridgehead atoms. The van der Waals surface area contributed by atoms with Gasteiger partial charge >= 0.3 is 0 Å². The monoisotopic (exact) mass is 289 g/mol. The molecule has 0 heterocycles. The van der Waals surface area contributed by atoms with Crippen molar-refractivity contribution in [3.8, 4) is 5.75 Å². The molecule has 1 aromatic carbocycles. The summed E-state index contributed by atoms with van der Waals surface area (Å²) in [5.41, 5.74) is 3.91. The summed E-state index contributed by atoms with van der Waals surface area (Å²) >= 11 is 0. The van der Waals surface area contributed by atoms with Crippen molar-refractivity contribution in [2.75, 3.05) is 0 Å². The summed E-state index contributed by atoms with van der Waals surface area (Å²) in [6.45, 7) is 9.66. The first kappa shape index (κ1) is 16.4. The van der Waals surface area contributed by atoms with Gasteiger partial charge in [0.05, 0.1) is 6.10 Å². The highest BCUT2D eigenvalue weighted by atomic mass is 16.5. The van der Waals surface area contributed by atoms with Crippen molar-refractivity contribution in [1.29, 1.82) is 0 Å². The van der Waals surface area contributed by atoms with Crippen LogP contribution in [0.2, 0.25) is 0 Å². The van der Waals surface area contributed by atoms with Crippen LogP contribution in [0.1, 0.15) is 69.1 Å². The predicted molar refractivity (Wildman–Crippen MR) is 90.0 cm³/mol.